The molecule has 2 rings (SSSR count). The minimum atomic E-state index is -5.96. The van der Waals surface area contributed by atoms with Crippen LogP contribution in [0.1, 0.15) is 93.4 Å². The predicted molar refractivity (Wildman–Crippen MR) is 200 cm³/mol. The van der Waals surface area contributed by atoms with Crippen molar-refractivity contribution in [3.8, 4) is 0 Å². The molecular weight excluding hydrogens is 785 g/mol. The summed E-state index contributed by atoms with van der Waals surface area (Å²) in [6.07, 6.45) is -12.1. The van der Waals surface area contributed by atoms with Crippen LogP contribution in [0.3, 0.4) is 0 Å². The summed E-state index contributed by atoms with van der Waals surface area (Å²) in [5.74, 6) is -10.1. The summed E-state index contributed by atoms with van der Waals surface area (Å²) in [5, 5.41) is 8.94. The quantitative estimate of drug-likeness (QED) is 0.0718. The lowest BCUT2D eigenvalue weighted by Crippen LogP contribution is -2.60. The van der Waals surface area contributed by atoms with Crippen LogP contribution >= 0.6 is 11.3 Å². The van der Waals surface area contributed by atoms with E-state index in [9.17, 15) is 50.3 Å². The Hall–Kier alpha value is -4.26. The largest absolute Gasteiger partial charge is 0.469 e. The van der Waals surface area contributed by atoms with E-state index in [1.807, 2.05) is 30.3 Å². The summed E-state index contributed by atoms with van der Waals surface area (Å²) in [7, 11) is 3.97. The van der Waals surface area contributed by atoms with Gasteiger partial charge in [0, 0.05) is 44.3 Å². The van der Waals surface area contributed by atoms with Gasteiger partial charge in [0.05, 0.1) is 13.0 Å². The van der Waals surface area contributed by atoms with Crippen molar-refractivity contribution in [1.29, 1.82) is 0 Å². The molecule has 57 heavy (non-hydrogen) atoms. The second-order valence-corrected chi connectivity index (χ2v) is 15.1. The molecule has 0 radical (unpaired) electrons. The number of benzene rings is 1. The molecule has 3 amide bonds. The van der Waals surface area contributed by atoms with Crippen LogP contribution in [0.2, 0.25) is 0 Å². The van der Waals surface area contributed by atoms with Crippen molar-refractivity contribution in [3.63, 3.8) is 0 Å². The van der Waals surface area contributed by atoms with Gasteiger partial charge in [-0.3, -0.25) is 24.0 Å². The van der Waals surface area contributed by atoms with Gasteiger partial charge in [0.25, 0.3) is 5.91 Å². The Labute approximate surface area is 332 Å². The molecule has 3 N–H and O–H groups in total. The Kier molecular flexibility index (Phi) is 19.4. The molecule has 2 aromatic rings. The summed E-state index contributed by atoms with van der Waals surface area (Å²) in [6, 6.07) is 4.45. The number of esters is 2. The number of nitrogens with one attached hydrogen (secondary N) is 3. The van der Waals surface area contributed by atoms with Crippen molar-refractivity contribution in [2.75, 3.05) is 27.7 Å². The fraction of sp³-hybridized carbons (Fsp3) is 0.632. The lowest BCUT2D eigenvalue weighted by molar-refractivity contribution is -0.290. The smallest absolute Gasteiger partial charge is 0.403 e. The number of carbonyl (C=O) groups is 5. The third-order valence-corrected chi connectivity index (χ3v) is 10.2. The van der Waals surface area contributed by atoms with Gasteiger partial charge in [-0.15, -0.1) is 11.3 Å². The number of carbonyl (C=O) groups excluding carboxylic acids is 5. The van der Waals surface area contributed by atoms with Gasteiger partial charge < -0.3 is 30.3 Å². The summed E-state index contributed by atoms with van der Waals surface area (Å²) >= 11 is 0.909. The van der Waals surface area contributed by atoms with Crippen LogP contribution in [0.5, 0.6) is 0 Å². The second-order valence-electron chi connectivity index (χ2n) is 14.2. The molecule has 19 heteroatoms. The minimum Gasteiger partial charge on any atom is -0.469 e. The molecular formula is C38H53F6N5O7S. The van der Waals surface area contributed by atoms with Crippen molar-refractivity contribution in [2.24, 2.45) is 17.8 Å². The van der Waals surface area contributed by atoms with Gasteiger partial charge >= 0.3 is 24.3 Å². The molecule has 12 nitrogen and oxygen atoms in total. The van der Waals surface area contributed by atoms with Gasteiger partial charge in [-0.05, 0) is 50.8 Å². The molecule has 1 heterocycles. The molecule has 5 atom stereocenters. The van der Waals surface area contributed by atoms with Gasteiger partial charge in [0.2, 0.25) is 11.8 Å². The van der Waals surface area contributed by atoms with Crippen LogP contribution < -0.4 is 16.0 Å². The number of nitrogens with zero attached hydrogens (tertiary/aromatic N) is 2. The average Bonchev–Trinajstić information content (AvgIpc) is 3.61. The van der Waals surface area contributed by atoms with Crippen LogP contribution in [-0.4, -0.2) is 97.8 Å². The molecule has 0 aliphatic heterocycles. The molecule has 1 aromatic heterocycles. The number of thiazole rings is 1. The van der Waals surface area contributed by atoms with Gasteiger partial charge in [-0.25, -0.2) is 4.98 Å². The standard InChI is InChI=1S/C38H53F6N5O7S/c1-22(2)28(49(6)35(53)31(32(37(39,40)41)38(42,43)44)48-30(51)16-12-9-13-17-45-5)20-29(56-24(4)50)34-47-27(21-57-34)33(52)46-26(18-23(3)36(54)55-7)19-25-14-10-8-11-15-25/h8,10-11,14-15,21-23,26,28-29,31-32,45H,9,12-13,16-20H2,1-7H3,(H,46,52)(H,48,51)/t23-,26+,28+,29+,31+/m0/s1. The van der Waals surface area contributed by atoms with E-state index < -0.39 is 90.4 Å². The zero-order valence-electron chi connectivity index (χ0n) is 33.1. The van der Waals surface area contributed by atoms with Crippen LogP contribution in [0, 0.1) is 17.8 Å². The zero-order valence-corrected chi connectivity index (χ0v) is 33.9. The lowest BCUT2D eigenvalue weighted by atomic mass is 9.92. The van der Waals surface area contributed by atoms with Crippen LogP contribution in [0.4, 0.5) is 26.3 Å². The normalized spacial score (nSPS) is 14.6. The monoisotopic (exact) mass is 837 g/mol. The highest BCUT2D eigenvalue weighted by Gasteiger charge is 2.63. The highest BCUT2D eigenvalue weighted by Crippen LogP contribution is 2.42. The van der Waals surface area contributed by atoms with E-state index >= 15 is 0 Å². The first-order valence-electron chi connectivity index (χ1n) is 18.5. The lowest BCUT2D eigenvalue weighted by Gasteiger charge is -2.38. The molecule has 0 aliphatic carbocycles. The van der Waals surface area contributed by atoms with Crippen molar-refractivity contribution < 1.29 is 59.8 Å². The third-order valence-electron chi connectivity index (χ3n) is 9.26. The molecule has 0 saturated heterocycles. The SMILES string of the molecule is CNCCCCCC(=O)N[C@@H](C(=O)N(C)[C@H](C[C@@H](OC(C)=O)c1nc(C(=O)N[C@@H](Cc2ccccc2)C[C@H](C)C(=O)OC)cs1)C(C)C)C(C(F)(F)F)C(F)(F)F. The molecule has 0 fully saturated rings. The Bertz CT molecular complexity index is 1590. The molecule has 320 valence electrons. The summed E-state index contributed by atoms with van der Waals surface area (Å²) in [6.45, 7) is 6.44. The minimum absolute atomic E-state index is 0.0657. The summed E-state index contributed by atoms with van der Waals surface area (Å²) < 4.78 is 94.8. The Morgan fingerprint density at radius 3 is 2.09 bits per heavy atom. The van der Waals surface area contributed by atoms with Crippen molar-refractivity contribution >= 4 is 41.0 Å². The predicted octanol–water partition coefficient (Wildman–Crippen LogP) is 6.17. The number of unbranched alkanes of at least 4 members (excludes halogenated alkanes) is 2. The van der Waals surface area contributed by atoms with Crippen molar-refractivity contribution in [3.05, 3.63) is 52.0 Å². The van der Waals surface area contributed by atoms with Crippen LogP contribution in [0.15, 0.2) is 35.7 Å². The Morgan fingerprint density at radius 2 is 1.54 bits per heavy atom. The number of likely N-dealkylation sites (N-methyl/N-ethyl adjacent to an activating group) is 1. The number of hydrogen-bond acceptors (Lipinski definition) is 10. The summed E-state index contributed by atoms with van der Waals surface area (Å²) in [4.78, 5) is 69.5. The number of rotatable bonds is 22. The van der Waals surface area contributed by atoms with E-state index in [0.717, 1.165) is 30.9 Å². The number of aromatic nitrogens is 1. The van der Waals surface area contributed by atoms with Crippen molar-refractivity contribution in [2.45, 2.75) is 109 Å². The highest BCUT2D eigenvalue weighted by atomic mass is 32.1. The maximum atomic E-state index is 14.1. The zero-order chi connectivity index (χ0) is 43.1. The number of amides is 3. The van der Waals surface area contributed by atoms with Crippen molar-refractivity contribution in [1.82, 2.24) is 25.8 Å². The van der Waals surface area contributed by atoms with Gasteiger partial charge in [0.15, 0.2) is 12.0 Å². The third kappa shape index (κ3) is 15.9. The number of alkyl halides is 6. The topological polar surface area (TPSA) is 156 Å². The number of hydrogen-bond donors (Lipinski definition) is 3. The van der Waals surface area contributed by atoms with Gasteiger partial charge in [-0.1, -0.05) is 57.5 Å². The van der Waals surface area contributed by atoms with Gasteiger partial charge in [-0.2, -0.15) is 26.3 Å². The number of ether oxygens (including phenoxy) is 2. The summed E-state index contributed by atoms with van der Waals surface area (Å²) in [5.41, 5.74) is 0.791. The van der Waals surface area contributed by atoms with E-state index in [0.29, 0.717) is 30.7 Å². The number of methoxy groups -OCH3 is 1. The second kappa shape index (κ2) is 22.6. The average molecular weight is 838 g/mol. The first-order chi connectivity index (χ1) is 26.6. The number of halogens is 6. The van der Waals surface area contributed by atoms with E-state index in [-0.39, 0.29) is 30.0 Å². The fourth-order valence-electron chi connectivity index (χ4n) is 6.36. The first kappa shape index (κ1) is 48.9. The van der Waals surface area contributed by atoms with E-state index in [1.54, 1.807) is 33.1 Å². The Morgan fingerprint density at radius 1 is 0.912 bits per heavy atom. The maximum Gasteiger partial charge on any atom is 0.403 e. The molecule has 0 unspecified atom stereocenters. The van der Waals surface area contributed by atoms with E-state index in [1.165, 1.54) is 12.5 Å². The van der Waals surface area contributed by atoms with E-state index in [4.69, 9.17) is 9.47 Å². The maximum absolute atomic E-state index is 14.1. The highest BCUT2D eigenvalue weighted by molar-refractivity contribution is 7.09. The first-order valence-corrected chi connectivity index (χ1v) is 19.4. The molecule has 1 aromatic carbocycles. The van der Waals surface area contributed by atoms with E-state index in [2.05, 4.69) is 15.6 Å². The van der Waals surface area contributed by atoms with Gasteiger partial charge in [0.1, 0.15) is 16.7 Å². The molecule has 0 aliphatic rings. The Balaban J connectivity index is 2.42. The molecule has 0 spiro atoms. The van der Waals surface area contributed by atoms with Crippen LogP contribution in [-0.2, 0) is 35.1 Å². The van der Waals surface area contributed by atoms with Crippen LogP contribution in [0.25, 0.3) is 0 Å². The fourth-order valence-corrected chi connectivity index (χ4v) is 7.19. The molecule has 0 saturated carbocycles. The molecule has 0 bridgehead atoms.